The highest BCUT2D eigenvalue weighted by Crippen LogP contribution is 2.25. The molecule has 0 amide bonds. The van der Waals surface area contributed by atoms with Crippen molar-refractivity contribution in [3.05, 3.63) is 63.1 Å². The molecule has 0 saturated heterocycles. The monoisotopic (exact) mass is 332 g/mol. The summed E-state index contributed by atoms with van der Waals surface area (Å²) in [5.74, 6) is -0.914. The lowest BCUT2D eigenvalue weighted by atomic mass is 10.2. The van der Waals surface area contributed by atoms with Gasteiger partial charge in [0, 0.05) is 10.0 Å². The minimum absolute atomic E-state index is 0.00394. The molecule has 0 heterocycles. The van der Waals surface area contributed by atoms with Crippen LogP contribution in [0.25, 0.3) is 0 Å². The van der Waals surface area contributed by atoms with Crippen LogP contribution in [0.2, 0.25) is 5.02 Å². The summed E-state index contributed by atoms with van der Waals surface area (Å²) in [4.78, 5) is 0. The van der Waals surface area contributed by atoms with Gasteiger partial charge in [-0.15, -0.1) is 0 Å². The first kappa shape index (κ1) is 13.3. The van der Waals surface area contributed by atoms with Crippen LogP contribution in [-0.2, 0) is 6.61 Å². The van der Waals surface area contributed by atoms with Crippen molar-refractivity contribution in [3.8, 4) is 5.75 Å². The van der Waals surface area contributed by atoms with E-state index in [0.717, 1.165) is 0 Å². The number of benzene rings is 2. The van der Waals surface area contributed by atoms with Gasteiger partial charge in [0.2, 0.25) is 0 Å². The molecule has 0 aliphatic carbocycles. The molecule has 0 saturated carbocycles. The van der Waals surface area contributed by atoms with Gasteiger partial charge in [0.25, 0.3) is 0 Å². The highest BCUT2D eigenvalue weighted by Gasteiger charge is 2.08. The summed E-state index contributed by atoms with van der Waals surface area (Å²) in [6.45, 7) is 0.00394. The second-order valence-electron chi connectivity index (χ2n) is 3.58. The molecule has 0 aliphatic rings. The van der Waals surface area contributed by atoms with Crippen molar-refractivity contribution in [2.24, 2.45) is 0 Å². The van der Waals surface area contributed by atoms with Crippen LogP contribution in [0.4, 0.5) is 8.78 Å². The molecule has 0 radical (unpaired) electrons. The van der Waals surface area contributed by atoms with E-state index in [0.29, 0.717) is 10.0 Å². The molecular formula is C13H8BrClF2O. The molecule has 0 atom stereocenters. The van der Waals surface area contributed by atoms with Crippen molar-refractivity contribution in [1.29, 1.82) is 0 Å². The van der Waals surface area contributed by atoms with E-state index in [1.54, 1.807) is 12.1 Å². The zero-order valence-electron chi connectivity index (χ0n) is 9.09. The van der Waals surface area contributed by atoms with Crippen LogP contribution in [0, 0.1) is 11.6 Å². The van der Waals surface area contributed by atoms with Gasteiger partial charge >= 0.3 is 0 Å². The molecule has 2 aromatic rings. The Kier molecular flexibility index (Phi) is 4.19. The SMILES string of the molecule is Fc1ccc(Br)cc1OCc1cccc(F)c1Cl. The Morgan fingerprint density at radius 3 is 2.67 bits per heavy atom. The third kappa shape index (κ3) is 3.00. The average Bonchev–Trinajstić information content (AvgIpc) is 2.35. The maximum Gasteiger partial charge on any atom is 0.165 e. The molecule has 0 fully saturated rings. The smallest absolute Gasteiger partial charge is 0.165 e. The fourth-order valence-electron chi connectivity index (χ4n) is 1.40. The molecule has 0 bridgehead atoms. The van der Waals surface area contributed by atoms with Gasteiger partial charge in [0.1, 0.15) is 12.4 Å². The Labute approximate surface area is 116 Å². The molecule has 5 heteroatoms. The maximum absolute atomic E-state index is 13.4. The predicted octanol–water partition coefficient (Wildman–Crippen LogP) is 4.96. The van der Waals surface area contributed by atoms with Crippen molar-refractivity contribution in [2.45, 2.75) is 6.61 Å². The Morgan fingerprint density at radius 2 is 1.89 bits per heavy atom. The van der Waals surface area contributed by atoms with E-state index < -0.39 is 11.6 Å². The highest BCUT2D eigenvalue weighted by atomic mass is 79.9. The fraction of sp³-hybridized carbons (Fsp3) is 0.0769. The number of hydrogen-bond acceptors (Lipinski definition) is 1. The number of rotatable bonds is 3. The molecule has 94 valence electrons. The molecule has 0 aliphatic heterocycles. The van der Waals surface area contributed by atoms with Gasteiger partial charge in [-0.2, -0.15) is 0 Å². The lowest BCUT2D eigenvalue weighted by Crippen LogP contribution is -1.99. The zero-order chi connectivity index (χ0) is 13.1. The van der Waals surface area contributed by atoms with E-state index in [2.05, 4.69) is 15.9 Å². The van der Waals surface area contributed by atoms with Crippen LogP contribution in [0.15, 0.2) is 40.9 Å². The van der Waals surface area contributed by atoms with Crippen molar-refractivity contribution in [1.82, 2.24) is 0 Å². The summed E-state index contributed by atoms with van der Waals surface area (Å²) in [7, 11) is 0. The second-order valence-corrected chi connectivity index (χ2v) is 4.87. The third-order valence-electron chi connectivity index (χ3n) is 2.31. The number of halogens is 4. The normalized spacial score (nSPS) is 10.4. The van der Waals surface area contributed by atoms with Crippen molar-refractivity contribution in [2.75, 3.05) is 0 Å². The molecular weight excluding hydrogens is 325 g/mol. The van der Waals surface area contributed by atoms with Crippen LogP contribution in [0.3, 0.4) is 0 Å². The van der Waals surface area contributed by atoms with Gasteiger partial charge in [-0.05, 0) is 24.3 Å². The summed E-state index contributed by atoms with van der Waals surface area (Å²) in [5, 5.41) is -0.00657. The summed E-state index contributed by atoms with van der Waals surface area (Å²) in [6.07, 6.45) is 0. The van der Waals surface area contributed by atoms with E-state index in [1.807, 2.05) is 0 Å². The Bertz CT molecular complexity index is 573. The largest absolute Gasteiger partial charge is 0.486 e. The van der Waals surface area contributed by atoms with Gasteiger partial charge in [-0.25, -0.2) is 8.78 Å². The Hall–Kier alpha value is -1.13. The third-order valence-corrected chi connectivity index (χ3v) is 3.22. The van der Waals surface area contributed by atoms with Gasteiger partial charge in [-0.3, -0.25) is 0 Å². The standard InChI is InChI=1S/C13H8BrClF2O/c14-9-4-5-10(16)12(6-9)18-7-8-2-1-3-11(17)13(8)15/h1-6H,7H2. The molecule has 2 aromatic carbocycles. The van der Waals surface area contributed by atoms with Crippen molar-refractivity contribution in [3.63, 3.8) is 0 Å². The minimum Gasteiger partial charge on any atom is -0.486 e. The van der Waals surface area contributed by atoms with Crippen LogP contribution in [-0.4, -0.2) is 0 Å². The highest BCUT2D eigenvalue weighted by molar-refractivity contribution is 9.10. The summed E-state index contributed by atoms with van der Waals surface area (Å²) in [5.41, 5.74) is 0.469. The van der Waals surface area contributed by atoms with Crippen LogP contribution >= 0.6 is 27.5 Å². The molecule has 0 unspecified atom stereocenters. The van der Waals surface area contributed by atoms with Crippen molar-refractivity contribution < 1.29 is 13.5 Å². The summed E-state index contributed by atoms with van der Waals surface area (Å²) < 4.78 is 32.6. The van der Waals surface area contributed by atoms with Crippen LogP contribution in [0.5, 0.6) is 5.75 Å². The van der Waals surface area contributed by atoms with Crippen LogP contribution in [0.1, 0.15) is 5.56 Å². The van der Waals surface area contributed by atoms with E-state index in [9.17, 15) is 8.78 Å². The van der Waals surface area contributed by atoms with E-state index >= 15 is 0 Å². The molecule has 2 rings (SSSR count). The Balaban J connectivity index is 2.16. The Morgan fingerprint density at radius 1 is 1.11 bits per heavy atom. The molecule has 0 aromatic heterocycles. The average molecular weight is 334 g/mol. The van der Waals surface area contributed by atoms with E-state index in [4.69, 9.17) is 16.3 Å². The first-order valence-electron chi connectivity index (χ1n) is 5.08. The fourth-order valence-corrected chi connectivity index (χ4v) is 1.92. The second kappa shape index (κ2) is 5.67. The van der Waals surface area contributed by atoms with E-state index in [-0.39, 0.29) is 17.4 Å². The quantitative estimate of drug-likeness (QED) is 0.771. The number of ether oxygens (including phenoxy) is 1. The molecule has 0 N–H and O–H groups in total. The first-order valence-corrected chi connectivity index (χ1v) is 6.26. The van der Waals surface area contributed by atoms with E-state index in [1.165, 1.54) is 24.3 Å². The van der Waals surface area contributed by atoms with Gasteiger partial charge < -0.3 is 4.74 Å². The maximum atomic E-state index is 13.4. The predicted molar refractivity (Wildman–Crippen MR) is 69.8 cm³/mol. The van der Waals surface area contributed by atoms with Crippen LogP contribution < -0.4 is 4.74 Å². The van der Waals surface area contributed by atoms with Gasteiger partial charge in [0.15, 0.2) is 11.6 Å². The molecule has 18 heavy (non-hydrogen) atoms. The summed E-state index contributed by atoms with van der Waals surface area (Å²) >= 11 is 8.99. The summed E-state index contributed by atoms with van der Waals surface area (Å²) in [6, 6.07) is 8.76. The first-order chi connectivity index (χ1) is 8.58. The van der Waals surface area contributed by atoms with Crippen molar-refractivity contribution >= 4 is 27.5 Å². The zero-order valence-corrected chi connectivity index (χ0v) is 11.4. The lowest BCUT2D eigenvalue weighted by Gasteiger charge is -2.09. The molecule has 0 spiro atoms. The molecule has 1 nitrogen and oxygen atoms in total. The van der Waals surface area contributed by atoms with Gasteiger partial charge in [0.05, 0.1) is 5.02 Å². The lowest BCUT2D eigenvalue weighted by molar-refractivity contribution is 0.289. The number of hydrogen-bond donors (Lipinski definition) is 0. The van der Waals surface area contributed by atoms with Gasteiger partial charge in [-0.1, -0.05) is 39.7 Å². The topological polar surface area (TPSA) is 9.23 Å². The minimum atomic E-state index is -0.521.